The third-order valence-corrected chi connectivity index (χ3v) is 3.41. The van der Waals surface area contributed by atoms with Gasteiger partial charge in [-0.15, -0.1) is 0 Å². The molecule has 0 spiro atoms. The van der Waals surface area contributed by atoms with Crippen molar-refractivity contribution in [2.45, 2.75) is 46.6 Å². The maximum absolute atomic E-state index is 11.8. The Hall–Kier alpha value is -2.63. The molecule has 0 aliphatic rings. The molecule has 1 atom stereocenters. The number of esters is 2. The summed E-state index contributed by atoms with van der Waals surface area (Å²) in [6.07, 6.45) is 2.91. The molecule has 25 heavy (non-hydrogen) atoms. The molecule has 1 aromatic rings. The van der Waals surface area contributed by atoms with Gasteiger partial charge in [-0.2, -0.15) is 0 Å². The molecule has 0 aliphatic heterocycles. The third kappa shape index (κ3) is 7.20. The molecule has 6 heteroatoms. The first-order valence-electron chi connectivity index (χ1n) is 8.01. The average Bonchev–Trinajstić information content (AvgIpc) is 2.52. The summed E-state index contributed by atoms with van der Waals surface area (Å²) in [6, 6.07) is 4.57. The minimum Gasteiger partial charge on any atom is -0.467 e. The predicted molar refractivity (Wildman–Crippen MR) is 94.2 cm³/mol. The highest BCUT2D eigenvalue weighted by Gasteiger charge is 2.21. The van der Waals surface area contributed by atoms with E-state index in [2.05, 4.69) is 5.32 Å². The highest BCUT2D eigenvalue weighted by molar-refractivity contribution is 5.83. The van der Waals surface area contributed by atoms with E-state index in [1.807, 2.05) is 26.0 Å². The van der Waals surface area contributed by atoms with Crippen LogP contribution in [0.25, 0.3) is 0 Å². The molecule has 1 rings (SSSR count). The van der Waals surface area contributed by atoms with Gasteiger partial charge in [0.05, 0.1) is 7.11 Å². The number of amides is 1. The Labute approximate surface area is 148 Å². The number of hydrogen-bond acceptors (Lipinski definition) is 5. The first-order valence-corrected chi connectivity index (χ1v) is 8.01. The van der Waals surface area contributed by atoms with Crippen molar-refractivity contribution < 1.29 is 23.9 Å². The van der Waals surface area contributed by atoms with Crippen molar-refractivity contribution in [1.29, 1.82) is 0 Å². The molecule has 136 valence electrons. The van der Waals surface area contributed by atoms with Gasteiger partial charge in [-0.1, -0.05) is 23.8 Å². The molecule has 6 nitrogen and oxygen atoms in total. The molecule has 0 heterocycles. The quantitative estimate of drug-likeness (QED) is 0.465. The molecule has 0 aliphatic carbocycles. The van der Waals surface area contributed by atoms with Gasteiger partial charge in [0.25, 0.3) is 0 Å². The number of ether oxygens (including phenoxy) is 2. The fraction of sp³-hybridized carbons (Fsp3) is 0.421. The second-order valence-corrected chi connectivity index (χ2v) is 6.00. The predicted octanol–water partition coefficient (Wildman–Crippen LogP) is 2.34. The lowest BCUT2D eigenvalue weighted by atomic mass is 10.0. The van der Waals surface area contributed by atoms with E-state index in [4.69, 9.17) is 9.47 Å². The fourth-order valence-electron chi connectivity index (χ4n) is 2.30. The molecule has 0 aromatic heterocycles. The van der Waals surface area contributed by atoms with Crippen LogP contribution >= 0.6 is 0 Å². The molecular weight excluding hydrogens is 322 g/mol. The summed E-state index contributed by atoms with van der Waals surface area (Å²) < 4.78 is 9.98. The van der Waals surface area contributed by atoms with E-state index >= 15 is 0 Å². The van der Waals surface area contributed by atoms with Crippen molar-refractivity contribution in [3.8, 4) is 5.75 Å². The van der Waals surface area contributed by atoms with Gasteiger partial charge in [-0.25, -0.2) is 4.79 Å². The van der Waals surface area contributed by atoms with E-state index in [1.165, 1.54) is 21.0 Å². The number of allylic oxidation sites excluding steroid dienone is 2. The van der Waals surface area contributed by atoms with Crippen molar-refractivity contribution in [3.63, 3.8) is 0 Å². The van der Waals surface area contributed by atoms with Gasteiger partial charge in [0.15, 0.2) is 0 Å². The van der Waals surface area contributed by atoms with Crippen LogP contribution in [0.2, 0.25) is 0 Å². The molecule has 0 fully saturated rings. The maximum atomic E-state index is 11.8. The van der Waals surface area contributed by atoms with Crippen LogP contribution < -0.4 is 10.1 Å². The van der Waals surface area contributed by atoms with Crippen LogP contribution in [0.1, 0.15) is 38.8 Å². The van der Waals surface area contributed by atoms with Gasteiger partial charge < -0.3 is 14.8 Å². The van der Waals surface area contributed by atoms with Crippen LogP contribution in [0.5, 0.6) is 5.75 Å². The van der Waals surface area contributed by atoms with Gasteiger partial charge in [-0.05, 0) is 37.5 Å². The normalized spacial score (nSPS) is 11.2. The highest BCUT2D eigenvalue weighted by Crippen LogP contribution is 2.23. The Morgan fingerprint density at radius 3 is 2.36 bits per heavy atom. The largest absolute Gasteiger partial charge is 0.467 e. The summed E-state index contributed by atoms with van der Waals surface area (Å²) in [6.45, 7) is 6.67. The molecule has 1 amide bonds. The average molecular weight is 347 g/mol. The second kappa shape index (κ2) is 9.61. The summed E-state index contributed by atoms with van der Waals surface area (Å²) in [7, 11) is 1.28. The molecule has 1 aromatic carbocycles. The van der Waals surface area contributed by atoms with Crippen LogP contribution in [-0.2, 0) is 32.0 Å². The molecule has 0 unspecified atom stereocenters. The van der Waals surface area contributed by atoms with Crippen LogP contribution in [0.15, 0.2) is 29.8 Å². The molecular formula is C19H25NO5. The zero-order valence-electron chi connectivity index (χ0n) is 15.3. The van der Waals surface area contributed by atoms with Gasteiger partial charge in [0.2, 0.25) is 5.91 Å². The Bertz CT molecular complexity index is 674. The van der Waals surface area contributed by atoms with Crippen LogP contribution in [0.4, 0.5) is 0 Å². The Morgan fingerprint density at radius 1 is 1.16 bits per heavy atom. The van der Waals surface area contributed by atoms with Gasteiger partial charge in [0.1, 0.15) is 11.8 Å². The number of hydrogen-bond donors (Lipinski definition) is 1. The van der Waals surface area contributed by atoms with E-state index in [9.17, 15) is 14.4 Å². The minimum absolute atomic E-state index is 0.286. The van der Waals surface area contributed by atoms with Crippen molar-refractivity contribution in [2.24, 2.45) is 0 Å². The lowest BCUT2D eigenvalue weighted by Gasteiger charge is -2.17. The van der Waals surface area contributed by atoms with E-state index in [0.717, 1.165) is 16.7 Å². The molecule has 0 radical (unpaired) electrons. The summed E-state index contributed by atoms with van der Waals surface area (Å²) in [4.78, 5) is 34.4. The van der Waals surface area contributed by atoms with Crippen molar-refractivity contribution in [3.05, 3.63) is 41.0 Å². The van der Waals surface area contributed by atoms with Gasteiger partial charge >= 0.3 is 11.9 Å². The topological polar surface area (TPSA) is 81.7 Å². The second-order valence-electron chi connectivity index (χ2n) is 6.00. The zero-order valence-corrected chi connectivity index (χ0v) is 15.3. The summed E-state index contributed by atoms with van der Waals surface area (Å²) >= 11 is 0. The smallest absolute Gasteiger partial charge is 0.328 e. The highest BCUT2D eigenvalue weighted by atomic mass is 16.5. The molecule has 1 N–H and O–H groups in total. The van der Waals surface area contributed by atoms with E-state index in [1.54, 1.807) is 12.1 Å². The SMILES string of the molecule is COC(=O)[C@H](Cc1ccc(OC(C)=O)c(CC=C(C)C)c1)NC(C)=O. The first-order chi connectivity index (χ1) is 11.7. The Kier molecular flexibility index (Phi) is 7.85. The number of benzene rings is 1. The lowest BCUT2D eigenvalue weighted by Crippen LogP contribution is -2.42. The maximum Gasteiger partial charge on any atom is 0.328 e. The summed E-state index contributed by atoms with van der Waals surface area (Å²) in [5, 5.41) is 2.58. The van der Waals surface area contributed by atoms with E-state index in [0.29, 0.717) is 12.2 Å². The van der Waals surface area contributed by atoms with Crippen molar-refractivity contribution >= 4 is 17.8 Å². The summed E-state index contributed by atoms with van der Waals surface area (Å²) in [5.74, 6) is -0.721. The van der Waals surface area contributed by atoms with E-state index < -0.39 is 18.0 Å². The monoisotopic (exact) mass is 347 g/mol. The minimum atomic E-state index is -0.765. The zero-order chi connectivity index (χ0) is 19.0. The standard InChI is InChI=1S/C19H25NO5/c1-12(2)6-8-16-10-15(7-9-18(16)25-14(4)22)11-17(19(23)24-5)20-13(3)21/h6-7,9-10,17H,8,11H2,1-5H3,(H,20,21)/t17-/m0/s1. The fourth-order valence-corrected chi connectivity index (χ4v) is 2.30. The molecule has 0 saturated carbocycles. The Morgan fingerprint density at radius 2 is 1.84 bits per heavy atom. The van der Waals surface area contributed by atoms with Gasteiger partial charge in [0, 0.05) is 20.3 Å². The Balaban J connectivity index is 3.11. The number of rotatable bonds is 7. The summed E-state index contributed by atoms with van der Waals surface area (Å²) in [5.41, 5.74) is 2.81. The molecule has 0 bridgehead atoms. The van der Waals surface area contributed by atoms with Crippen molar-refractivity contribution in [2.75, 3.05) is 7.11 Å². The van der Waals surface area contributed by atoms with Crippen LogP contribution in [0.3, 0.4) is 0 Å². The lowest BCUT2D eigenvalue weighted by molar-refractivity contribution is -0.144. The van der Waals surface area contributed by atoms with Crippen molar-refractivity contribution in [1.82, 2.24) is 5.32 Å². The van der Waals surface area contributed by atoms with Gasteiger partial charge in [-0.3, -0.25) is 9.59 Å². The molecule has 0 saturated heterocycles. The van der Waals surface area contributed by atoms with E-state index in [-0.39, 0.29) is 12.3 Å². The van der Waals surface area contributed by atoms with Crippen LogP contribution in [-0.4, -0.2) is 31.0 Å². The number of carbonyl (C=O) groups excluding carboxylic acids is 3. The van der Waals surface area contributed by atoms with Crippen LogP contribution in [0, 0.1) is 0 Å². The first kappa shape index (κ1) is 20.4. The third-order valence-electron chi connectivity index (χ3n) is 3.41. The number of carbonyl (C=O) groups is 3. The number of methoxy groups -OCH3 is 1. The number of nitrogens with one attached hydrogen (secondary N) is 1.